The van der Waals surface area contributed by atoms with E-state index in [0.29, 0.717) is 24.1 Å². The highest BCUT2D eigenvalue weighted by atomic mass is 35.5. The molecular formula is C20H26ClN3O4. The van der Waals surface area contributed by atoms with Gasteiger partial charge in [-0.05, 0) is 43.9 Å². The first kappa shape index (κ1) is 22.0. The molecule has 1 atom stereocenters. The molecule has 0 saturated carbocycles. The van der Waals surface area contributed by atoms with Crippen molar-refractivity contribution in [2.24, 2.45) is 5.73 Å². The van der Waals surface area contributed by atoms with Crippen LogP contribution < -0.4 is 11.1 Å². The number of piperidine rings is 1. The molecule has 2 aliphatic rings. The van der Waals surface area contributed by atoms with Gasteiger partial charge in [-0.15, -0.1) is 12.4 Å². The van der Waals surface area contributed by atoms with E-state index in [9.17, 15) is 19.2 Å². The second-order valence-electron chi connectivity index (χ2n) is 7.09. The van der Waals surface area contributed by atoms with E-state index in [2.05, 4.69) is 5.32 Å². The lowest BCUT2D eigenvalue weighted by Crippen LogP contribution is -2.54. The average molecular weight is 408 g/mol. The molecule has 0 spiro atoms. The summed E-state index contributed by atoms with van der Waals surface area (Å²) in [6.45, 7) is 0.707. The van der Waals surface area contributed by atoms with E-state index in [1.807, 2.05) is 6.07 Å². The highest BCUT2D eigenvalue weighted by Crippen LogP contribution is 2.30. The van der Waals surface area contributed by atoms with Crippen LogP contribution in [-0.2, 0) is 16.0 Å². The number of nitrogens with zero attached hydrogens (tertiary/aromatic N) is 1. The van der Waals surface area contributed by atoms with Gasteiger partial charge in [-0.1, -0.05) is 31.4 Å². The van der Waals surface area contributed by atoms with E-state index in [1.165, 1.54) is 0 Å². The first-order chi connectivity index (χ1) is 13.0. The van der Waals surface area contributed by atoms with Crippen molar-refractivity contribution in [3.05, 3.63) is 34.9 Å². The summed E-state index contributed by atoms with van der Waals surface area (Å²) in [6, 6.07) is 4.37. The van der Waals surface area contributed by atoms with Gasteiger partial charge in [0, 0.05) is 6.42 Å². The Hall–Kier alpha value is -2.25. The summed E-state index contributed by atoms with van der Waals surface area (Å²) in [5, 5.41) is 2.21. The summed E-state index contributed by atoms with van der Waals surface area (Å²) in [7, 11) is 0. The number of halogens is 1. The Kier molecular flexibility index (Phi) is 7.71. The number of carbonyl (C=O) groups is 4. The SMILES string of the molecule is Cl.NCCCCCCCc1cccc2c1C(=O)N(C1CCC(=O)NC1=O)C2=O. The molecule has 8 heteroatoms. The maximum absolute atomic E-state index is 13.0. The van der Waals surface area contributed by atoms with E-state index in [1.54, 1.807) is 12.1 Å². The molecule has 28 heavy (non-hydrogen) atoms. The molecular weight excluding hydrogens is 382 g/mol. The van der Waals surface area contributed by atoms with Gasteiger partial charge >= 0.3 is 0 Å². The number of unbranched alkanes of at least 4 members (excludes halogenated alkanes) is 4. The fourth-order valence-electron chi connectivity index (χ4n) is 3.78. The van der Waals surface area contributed by atoms with Crippen LogP contribution in [0.2, 0.25) is 0 Å². The molecule has 0 aromatic heterocycles. The standard InChI is InChI=1S/C20H25N3O4.ClH/c21-12-5-3-1-2-4-7-13-8-6-9-14-17(13)20(27)23(19(14)26)15-10-11-16(24)22-18(15)25;/h6,8-9,15H,1-5,7,10-12,21H2,(H,22,24,25);1H. The van der Waals surface area contributed by atoms with Crippen molar-refractivity contribution >= 4 is 36.0 Å². The van der Waals surface area contributed by atoms with Gasteiger partial charge in [-0.3, -0.25) is 29.4 Å². The van der Waals surface area contributed by atoms with Crippen LogP contribution in [0.1, 0.15) is 71.2 Å². The lowest BCUT2D eigenvalue weighted by Gasteiger charge is -2.27. The third-order valence-corrected chi connectivity index (χ3v) is 5.20. The van der Waals surface area contributed by atoms with Crippen molar-refractivity contribution in [1.82, 2.24) is 10.2 Å². The van der Waals surface area contributed by atoms with Crippen LogP contribution in [0.5, 0.6) is 0 Å². The molecule has 1 unspecified atom stereocenters. The van der Waals surface area contributed by atoms with Crippen LogP contribution in [0.15, 0.2) is 18.2 Å². The number of benzene rings is 1. The highest BCUT2D eigenvalue weighted by molar-refractivity contribution is 6.24. The van der Waals surface area contributed by atoms with E-state index >= 15 is 0 Å². The van der Waals surface area contributed by atoms with E-state index in [0.717, 1.165) is 42.6 Å². The Morgan fingerprint density at radius 2 is 1.71 bits per heavy atom. The number of aryl methyl sites for hydroxylation is 1. The van der Waals surface area contributed by atoms with Crippen molar-refractivity contribution in [3.63, 3.8) is 0 Å². The molecule has 152 valence electrons. The summed E-state index contributed by atoms with van der Waals surface area (Å²) in [5.41, 5.74) is 7.10. The third kappa shape index (κ3) is 4.42. The minimum absolute atomic E-state index is 0. The zero-order valence-electron chi connectivity index (χ0n) is 15.7. The zero-order chi connectivity index (χ0) is 19.4. The Bertz CT molecular complexity index is 781. The molecule has 0 aliphatic carbocycles. The molecule has 0 radical (unpaired) electrons. The van der Waals surface area contributed by atoms with Crippen molar-refractivity contribution in [1.29, 1.82) is 0 Å². The molecule has 7 nitrogen and oxygen atoms in total. The summed E-state index contributed by atoms with van der Waals surface area (Å²) in [5.74, 6) is -1.83. The Labute approximate surface area is 170 Å². The summed E-state index contributed by atoms with van der Waals surface area (Å²) in [6.07, 6.45) is 6.21. The minimum atomic E-state index is -0.917. The predicted octanol–water partition coefficient (Wildman–Crippen LogP) is 1.96. The molecule has 2 heterocycles. The fourth-order valence-corrected chi connectivity index (χ4v) is 3.78. The maximum Gasteiger partial charge on any atom is 0.262 e. The zero-order valence-corrected chi connectivity index (χ0v) is 16.6. The quantitative estimate of drug-likeness (QED) is 0.505. The minimum Gasteiger partial charge on any atom is -0.330 e. The van der Waals surface area contributed by atoms with Gasteiger partial charge in [-0.2, -0.15) is 0 Å². The number of fused-ring (bicyclic) bond motifs is 1. The van der Waals surface area contributed by atoms with Gasteiger partial charge in [0.1, 0.15) is 6.04 Å². The molecule has 3 N–H and O–H groups in total. The monoisotopic (exact) mass is 407 g/mol. The average Bonchev–Trinajstić information content (AvgIpc) is 2.90. The number of nitrogens with two attached hydrogens (primary N) is 1. The first-order valence-electron chi connectivity index (χ1n) is 9.58. The number of amides is 4. The number of carbonyl (C=O) groups excluding carboxylic acids is 4. The summed E-state index contributed by atoms with van der Waals surface area (Å²) < 4.78 is 0. The third-order valence-electron chi connectivity index (χ3n) is 5.20. The molecule has 3 rings (SSSR count). The molecule has 0 bridgehead atoms. The smallest absolute Gasteiger partial charge is 0.262 e. The van der Waals surface area contributed by atoms with Crippen molar-refractivity contribution < 1.29 is 19.2 Å². The molecule has 4 amide bonds. The highest BCUT2D eigenvalue weighted by Gasteiger charge is 2.45. The van der Waals surface area contributed by atoms with E-state index in [-0.39, 0.29) is 31.2 Å². The molecule has 1 fully saturated rings. The summed E-state index contributed by atoms with van der Waals surface area (Å²) in [4.78, 5) is 50.2. The number of imide groups is 2. The van der Waals surface area contributed by atoms with Crippen LogP contribution in [0, 0.1) is 0 Å². The number of hydrogen-bond donors (Lipinski definition) is 2. The number of nitrogens with one attached hydrogen (secondary N) is 1. The van der Waals surface area contributed by atoms with Gasteiger partial charge < -0.3 is 5.73 Å². The molecule has 1 aromatic carbocycles. The largest absolute Gasteiger partial charge is 0.330 e. The first-order valence-corrected chi connectivity index (χ1v) is 9.58. The topological polar surface area (TPSA) is 110 Å². The van der Waals surface area contributed by atoms with E-state index < -0.39 is 23.8 Å². The van der Waals surface area contributed by atoms with Crippen LogP contribution in [0.4, 0.5) is 0 Å². The van der Waals surface area contributed by atoms with Gasteiger partial charge in [0.15, 0.2) is 0 Å². The lowest BCUT2D eigenvalue weighted by molar-refractivity contribution is -0.136. The molecule has 1 saturated heterocycles. The second kappa shape index (κ2) is 9.80. The van der Waals surface area contributed by atoms with Gasteiger partial charge in [0.2, 0.25) is 11.8 Å². The Balaban J connectivity index is 0.00000280. The number of rotatable bonds is 8. The van der Waals surface area contributed by atoms with Crippen LogP contribution in [0.3, 0.4) is 0 Å². The normalized spacial score (nSPS) is 18.8. The second-order valence-corrected chi connectivity index (χ2v) is 7.09. The maximum atomic E-state index is 13.0. The van der Waals surface area contributed by atoms with Crippen LogP contribution in [-0.4, -0.2) is 41.1 Å². The van der Waals surface area contributed by atoms with Crippen LogP contribution in [0.25, 0.3) is 0 Å². The van der Waals surface area contributed by atoms with Crippen molar-refractivity contribution in [2.75, 3.05) is 6.54 Å². The van der Waals surface area contributed by atoms with Crippen LogP contribution >= 0.6 is 12.4 Å². The van der Waals surface area contributed by atoms with Gasteiger partial charge in [0.25, 0.3) is 11.8 Å². The molecule has 2 aliphatic heterocycles. The van der Waals surface area contributed by atoms with E-state index in [4.69, 9.17) is 5.73 Å². The van der Waals surface area contributed by atoms with Crippen molar-refractivity contribution in [2.45, 2.75) is 57.4 Å². The van der Waals surface area contributed by atoms with Gasteiger partial charge in [0.05, 0.1) is 11.1 Å². The molecule has 1 aromatic rings. The van der Waals surface area contributed by atoms with Crippen molar-refractivity contribution in [3.8, 4) is 0 Å². The summed E-state index contributed by atoms with van der Waals surface area (Å²) >= 11 is 0. The Morgan fingerprint density at radius 1 is 1.00 bits per heavy atom. The lowest BCUT2D eigenvalue weighted by atomic mass is 9.97. The predicted molar refractivity (Wildman–Crippen MR) is 106 cm³/mol. The number of hydrogen-bond acceptors (Lipinski definition) is 5. The fraction of sp³-hybridized carbons (Fsp3) is 0.500. The Morgan fingerprint density at radius 3 is 2.43 bits per heavy atom. The van der Waals surface area contributed by atoms with Gasteiger partial charge in [-0.25, -0.2) is 0 Å².